The first kappa shape index (κ1) is 12.9. The Kier molecular flexibility index (Phi) is 7.89. The van der Waals surface area contributed by atoms with E-state index in [-0.39, 0.29) is 11.8 Å². The zero-order valence-corrected chi connectivity index (χ0v) is 9.06. The highest BCUT2D eigenvalue weighted by Gasteiger charge is 1.97. The molecule has 0 aliphatic heterocycles. The molecule has 82 valence electrons. The summed E-state index contributed by atoms with van der Waals surface area (Å²) in [5.41, 5.74) is 0. The van der Waals surface area contributed by atoms with Gasteiger partial charge in [0.05, 0.1) is 0 Å². The second-order valence-corrected chi connectivity index (χ2v) is 3.32. The Morgan fingerprint density at radius 3 is 2.29 bits per heavy atom. The maximum absolute atomic E-state index is 10.8. The summed E-state index contributed by atoms with van der Waals surface area (Å²) in [4.78, 5) is 21.3. The van der Waals surface area contributed by atoms with Crippen LogP contribution >= 0.6 is 0 Å². The van der Waals surface area contributed by atoms with E-state index in [1.807, 2.05) is 0 Å². The molecule has 14 heavy (non-hydrogen) atoms. The molecule has 0 aromatic heterocycles. The van der Waals surface area contributed by atoms with Crippen molar-refractivity contribution in [2.75, 3.05) is 13.6 Å². The van der Waals surface area contributed by atoms with Gasteiger partial charge in [0.2, 0.25) is 11.8 Å². The van der Waals surface area contributed by atoms with Gasteiger partial charge >= 0.3 is 0 Å². The second-order valence-electron chi connectivity index (χ2n) is 3.32. The maximum Gasteiger partial charge on any atom is 0.219 e. The van der Waals surface area contributed by atoms with Crippen molar-refractivity contribution in [3.05, 3.63) is 0 Å². The van der Waals surface area contributed by atoms with Gasteiger partial charge in [-0.15, -0.1) is 0 Å². The summed E-state index contributed by atoms with van der Waals surface area (Å²) in [5, 5.41) is 5.32. The average molecular weight is 200 g/mol. The molecule has 0 rings (SSSR count). The first-order chi connectivity index (χ1) is 6.66. The third-order valence-corrected chi connectivity index (χ3v) is 1.98. The fourth-order valence-corrected chi connectivity index (χ4v) is 1.15. The van der Waals surface area contributed by atoms with Crippen LogP contribution in [0.2, 0.25) is 0 Å². The highest BCUT2D eigenvalue weighted by atomic mass is 16.2. The highest BCUT2D eigenvalue weighted by molar-refractivity contribution is 5.75. The van der Waals surface area contributed by atoms with Gasteiger partial charge in [-0.3, -0.25) is 9.59 Å². The first-order valence-electron chi connectivity index (χ1n) is 5.12. The quantitative estimate of drug-likeness (QED) is 0.598. The predicted molar refractivity (Wildman–Crippen MR) is 55.8 cm³/mol. The van der Waals surface area contributed by atoms with Crippen LogP contribution in [0.1, 0.15) is 39.0 Å². The smallest absolute Gasteiger partial charge is 0.219 e. The number of hydrogen-bond donors (Lipinski definition) is 2. The fourth-order valence-electron chi connectivity index (χ4n) is 1.15. The molecule has 0 aliphatic carbocycles. The van der Waals surface area contributed by atoms with Crippen molar-refractivity contribution >= 4 is 11.8 Å². The SMILES string of the molecule is CNC(=O)CCCCCCNC(C)=O. The summed E-state index contributed by atoms with van der Waals surface area (Å²) in [6.07, 6.45) is 4.65. The van der Waals surface area contributed by atoms with Crippen molar-refractivity contribution in [2.24, 2.45) is 0 Å². The van der Waals surface area contributed by atoms with E-state index >= 15 is 0 Å². The van der Waals surface area contributed by atoms with Crippen molar-refractivity contribution in [3.63, 3.8) is 0 Å². The van der Waals surface area contributed by atoms with Gasteiger partial charge < -0.3 is 10.6 Å². The Morgan fingerprint density at radius 2 is 1.71 bits per heavy atom. The molecule has 0 aromatic carbocycles. The van der Waals surface area contributed by atoms with Crippen LogP contribution in [-0.2, 0) is 9.59 Å². The predicted octanol–water partition coefficient (Wildman–Crippen LogP) is 0.819. The van der Waals surface area contributed by atoms with E-state index in [4.69, 9.17) is 0 Å². The Morgan fingerprint density at radius 1 is 1.07 bits per heavy atom. The number of amides is 2. The van der Waals surface area contributed by atoms with Gasteiger partial charge in [0, 0.05) is 26.9 Å². The minimum atomic E-state index is 0.0235. The summed E-state index contributed by atoms with van der Waals surface area (Å²) >= 11 is 0. The van der Waals surface area contributed by atoms with Gasteiger partial charge in [-0.05, 0) is 12.8 Å². The van der Waals surface area contributed by atoms with E-state index in [0.717, 1.165) is 32.2 Å². The molecule has 0 aliphatic rings. The minimum Gasteiger partial charge on any atom is -0.359 e. The van der Waals surface area contributed by atoms with E-state index in [1.165, 1.54) is 6.92 Å². The summed E-state index contributed by atoms with van der Waals surface area (Å²) in [5.74, 6) is 0.127. The lowest BCUT2D eigenvalue weighted by molar-refractivity contribution is -0.121. The van der Waals surface area contributed by atoms with Crippen molar-refractivity contribution in [3.8, 4) is 0 Å². The number of rotatable bonds is 7. The summed E-state index contributed by atoms with van der Waals surface area (Å²) in [6.45, 7) is 2.26. The van der Waals surface area contributed by atoms with Crippen molar-refractivity contribution in [1.29, 1.82) is 0 Å². The van der Waals surface area contributed by atoms with Crippen LogP contribution in [0.25, 0.3) is 0 Å². The molecule has 0 radical (unpaired) electrons. The molecule has 2 N–H and O–H groups in total. The number of carbonyl (C=O) groups is 2. The van der Waals surface area contributed by atoms with E-state index in [1.54, 1.807) is 7.05 Å². The van der Waals surface area contributed by atoms with E-state index in [0.29, 0.717) is 6.42 Å². The van der Waals surface area contributed by atoms with Crippen molar-refractivity contribution < 1.29 is 9.59 Å². The van der Waals surface area contributed by atoms with E-state index in [9.17, 15) is 9.59 Å². The molecule has 0 bridgehead atoms. The third kappa shape index (κ3) is 9.03. The molecule has 0 unspecified atom stereocenters. The van der Waals surface area contributed by atoms with Crippen molar-refractivity contribution in [2.45, 2.75) is 39.0 Å². The Labute approximate surface area is 85.4 Å². The minimum absolute atomic E-state index is 0.0235. The molecule has 2 amide bonds. The number of unbranched alkanes of at least 4 members (excludes halogenated alkanes) is 3. The monoisotopic (exact) mass is 200 g/mol. The molecule has 0 spiro atoms. The molecule has 4 heteroatoms. The van der Waals surface area contributed by atoms with Gasteiger partial charge in [-0.25, -0.2) is 0 Å². The summed E-state index contributed by atoms with van der Waals surface area (Å²) in [6, 6.07) is 0. The molecule has 0 fully saturated rings. The number of hydrogen-bond acceptors (Lipinski definition) is 2. The van der Waals surface area contributed by atoms with Crippen LogP contribution in [0.3, 0.4) is 0 Å². The zero-order chi connectivity index (χ0) is 10.8. The van der Waals surface area contributed by atoms with Crippen LogP contribution in [-0.4, -0.2) is 25.4 Å². The first-order valence-corrected chi connectivity index (χ1v) is 5.12. The largest absolute Gasteiger partial charge is 0.359 e. The topological polar surface area (TPSA) is 58.2 Å². The van der Waals surface area contributed by atoms with E-state index < -0.39 is 0 Å². The third-order valence-electron chi connectivity index (χ3n) is 1.98. The summed E-state index contributed by atoms with van der Waals surface area (Å²) in [7, 11) is 1.65. The lowest BCUT2D eigenvalue weighted by Crippen LogP contribution is -2.20. The Hall–Kier alpha value is -1.06. The van der Waals surface area contributed by atoms with E-state index in [2.05, 4.69) is 10.6 Å². The Bertz CT molecular complexity index is 181. The van der Waals surface area contributed by atoms with Crippen molar-refractivity contribution in [1.82, 2.24) is 10.6 Å². The molecular weight excluding hydrogens is 180 g/mol. The lowest BCUT2D eigenvalue weighted by atomic mass is 10.1. The normalized spacial score (nSPS) is 9.57. The second kappa shape index (κ2) is 8.53. The molecule has 0 saturated carbocycles. The van der Waals surface area contributed by atoms with Gasteiger partial charge in [-0.1, -0.05) is 12.8 Å². The summed E-state index contributed by atoms with van der Waals surface area (Å²) < 4.78 is 0. The standard InChI is InChI=1S/C10H20N2O2/c1-9(13)12-8-6-4-3-5-7-10(14)11-2/h3-8H2,1-2H3,(H,11,14)(H,12,13). The maximum atomic E-state index is 10.8. The van der Waals surface area contributed by atoms with Crippen LogP contribution in [0.5, 0.6) is 0 Å². The molecule has 0 atom stereocenters. The molecular formula is C10H20N2O2. The van der Waals surface area contributed by atoms with Gasteiger partial charge in [-0.2, -0.15) is 0 Å². The highest BCUT2D eigenvalue weighted by Crippen LogP contribution is 2.01. The van der Waals surface area contributed by atoms with Crippen LogP contribution < -0.4 is 10.6 Å². The number of nitrogens with one attached hydrogen (secondary N) is 2. The molecule has 0 aromatic rings. The molecule has 0 saturated heterocycles. The van der Waals surface area contributed by atoms with Gasteiger partial charge in [0.25, 0.3) is 0 Å². The average Bonchev–Trinajstić information content (AvgIpc) is 2.15. The van der Waals surface area contributed by atoms with Gasteiger partial charge in [0.15, 0.2) is 0 Å². The van der Waals surface area contributed by atoms with Crippen LogP contribution in [0, 0.1) is 0 Å². The molecule has 4 nitrogen and oxygen atoms in total. The fraction of sp³-hybridized carbons (Fsp3) is 0.800. The van der Waals surface area contributed by atoms with Gasteiger partial charge in [0.1, 0.15) is 0 Å². The number of carbonyl (C=O) groups excluding carboxylic acids is 2. The molecule has 0 heterocycles. The lowest BCUT2D eigenvalue weighted by Gasteiger charge is -2.02. The van der Waals surface area contributed by atoms with Crippen LogP contribution in [0.15, 0.2) is 0 Å². The zero-order valence-electron chi connectivity index (χ0n) is 9.06. The van der Waals surface area contributed by atoms with Crippen LogP contribution in [0.4, 0.5) is 0 Å². The Balaban J connectivity index is 3.06.